The second kappa shape index (κ2) is 7.48. The number of imide groups is 1. The molecule has 0 aromatic heterocycles. The first-order valence-corrected chi connectivity index (χ1v) is 8.79. The Morgan fingerprint density at radius 1 is 1.19 bits per heavy atom. The average molecular weight is 391 g/mol. The molecule has 0 spiro atoms. The molecule has 0 radical (unpaired) electrons. The number of halogens is 2. The van der Waals surface area contributed by atoms with Crippen molar-refractivity contribution in [3.63, 3.8) is 0 Å². The number of hydrogen-bond acceptors (Lipinski definition) is 3. The van der Waals surface area contributed by atoms with Gasteiger partial charge in [-0.1, -0.05) is 47.5 Å². The third kappa shape index (κ3) is 3.74. The van der Waals surface area contributed by atoms with E-state index in [0.29, 0.717) is 26.7 Å². The van der Waals surface area contributed by atoms with Crippen LogP contribution in [0.5, 0.6) is 0 Å². The van der Waals surface area contributed by atoms with Gasteiger partial charge >= 0.3 is 0 Å². The smallest absolute Gasteiger partial charge is 0.261 e. The van der Waals surface area contributed by atoms with Gasteiger partial charge in [-0.2, -0.15) is 0 Å². The number of fused-ring (bicyclic) bond motifs is 1. The molecule has 0 aliphatic carbocycles. The van der Waals surface area contributed by atoms with E-state index in [4.69, 9.17) is 23.2 Å². The van der Waals surface area contributed by atoms with Gasteiger partial charge in [0.05, 0.1) is 12.5 Å². The third-order valence-corrected chi connectivity index (χ3v) is 4.81. The number of amides is 3. The zero-order chi connectivity index (χ0) is 18.8. The summed E-state index contributed by atoms with van der Waals surface area (Å²) in [7, 11) is 0. The summed E-state index contributed by atoms with van der Waals surface area (Å²) in [5.74, 6) is -1.28. The average Bonchev–Trinajstić information content (AvgIpc) is 2.58. The Bertz CT molecular complexity index is 898. The van der Waals surface area contributed by atoms with Crippen molar-refractivity contribution in [1.82, 2.24) is 10.2 Å². The van der Waals surface area contributed by atoms with E-state index in [9.17, 15) is 14.4 Å². The minimum absolute atomic E-state index is 0.105. The summed E-state index contributed by atoms with van der Waals surface area (Å²) in [6.07, 6.45) is 0.105. The summed E-state index contributed by atoms with van der Waals surface area (Å²) in [5, 5.41) is 3.69. The summed E-state index contributed by atoms with van der Waals surface area (Å²) in [5.41, 5.74) is 1.83. The second-order valence-electron chi connectivity index (χ2n) is 6.07. The second-order valence-corrected chi connectivity index (χ2v) is 6.92. The first-order chi connectivity index (χ1) is 12.4. The summed E-state index contributed by atoms with van der Waals surface area (Å²) in [6, 6.07) is 11.5. The maximum Gasteiger partial charge on any atom is 0.261 e. The van der Waals surface area contributed by atoms with Crippen LogP contribution in [0.25, 0.3) is 0 Å². The van der Waals surface area contributed by atoms with E-state index in [1.54, 1.807) is 49.4 Å². The molecule has 2 aromatic carbocycles. The van der Waals surface area contributed by atoms with Crippen LogP contribution in [0.2, 0.25) is 10.0 Å². The molecule has 0 unspecified atom stereocenters. The molecule has 1 aliphatic rings. The highest BCUT2D eigenvalue weighted by Gasteiger charge is 2.32. The highest BCUT2D eigenvalue weighted by atomic mass is 35.5. The molecular formula is C19H16Cl2N2O3. The van der Waals surface area contributed by atoms with E-state index in [1.165, 1.54) is 0 Å². The van der Waals surface area contributed by atoms with Gasteiger partial charge in [0.15, 0.2) is 0 Å². The molecule has 1 heterocycles. The van der Waals surface area contributed by atoms with Gasteiger partial charge in [-0.15, -0.1) is 0 Å². The lowest BCUT2D eigenvalue weighted by molar-refractivity contribution is -0.133. The van der Waals surface area contributed by atoms with E-state index < -0.39 is 17.9 Å². The molecule has 3 amide bonds. The molecule has 0 fully saturated rings. The number of nitrogens with zero attached hydrogens (tertiary/aromatic N) is 1. The number of carbonyl (C=O) groups is 3. The minimum atomic E-state index is -0.454. The predicted octanol–water partition coefficient (Wildman–Crippen LogP) is 3.40. The molecule has 1 N–H and O–H groups in total. The highest BCUT2D eigenvalue weighted by molar-refractivity contribution is 6.35. The molecule has 7 heteroatoms. The Hall–Kier alpha value is -2.37. The van der Waals surface area contributed by atoms with E-state index in [1.807, 2.05) is 0 Å². The Morgan fingerprint density at radius 3 is 2.65 bits per heavy atom. The minimum Gasteiger partial charge on any atom is -0.348 e. The first kappa shape index (κ1) is 18.4. The number of carbonyl (C=O) groups excluding carboxylic acids is 3. The van der Waals surface area contributed by atoms with Crippen LogP contribution < -0.4 is 5.32 Å². The van der Waals surface area contributed by atoms with Gasteiger partial charge in [-0.05, 0) is 36.2 Å². The van der Waals surface area contributed by atoms with Gasteiger partial charge < -0.3 is 5.32 Å². The fourth-order valence-electron chi connectivity index (χ4n) is 2.92. The summed E-state index contributed by atoms with van der Waals surface area (Å²) in [6.45, 7) is 1.43. The Morgan fingerprint density at radius 2 is 1.92 bits per heavy atom. The topological polar surface area (TPSA) is 66.5 Å². The van der Waals surface area contributed by atoms with Crippen molar-refractivity contribution in [1.29, 1.82) is 0 Å². The van der Waals surface area contributed by atoms with E-state index in [-0.39, 0.29) is 18.9 Å². The van der Waals surface area contributed by atoms with Crippen molar-refractivity contribution in [2.24, 2.45) is 0 Å². The van der Waals surface area contributed by atoms with Crippen molar-refractivity contribution >= 4 is 40.9 Å². The van der Waals surface area contributed by atoms with Crippen molar-refractivity contribution in [2.75, 3.05) is 6.54 Å². The quantitative estimate of drug-likeness (QED) is 0.813. The lowest BCUT2D eigenvalue weighted by Crippen LogP contribution is -2.47. The van der Waals surface area contributed by atoms with Crippen LogP contribution in [0.15, 0.2) is 42.5 Å². The molecule has 0 saturated heterocycles. The zero-order valence-corrected chi connectivity index (χ0v) is 15.5. The molecule has 2 aromatic rings. The summed E-state index contributed by atoms with van der Waals surface area (Å²) < 4.78 is 0. The maximum atomic E-state index is 12.5. The van der Waals surface area contributed by atoms with Crippen LogP contribution in [0.3, 0.4) is 0 Å². The van der Waals surface area contributed by atoms with Crippen molar-refractivity contribution in [3.8, 4) is 0 Å². The lowest BCUT2D eigenvalue weighted by Gasteiger charge is -2.27. The zero-order valence-electron chi connectivity index (χ0n) is 14.0. The number of rotatable bonds is 4. The molecule has 1 aliphatic heterocycles. The summed E-state index contributed by atoms with van der Waals surface area (Å²) in [4.78, 5) is 38.1. The fraction of sp³-hybridized carbons (Fsp3) is 0.211. The van der Waals surface area contributed by atoms with Gasteiger partial charge in [-0.3, -0.25) is 19.3 Å². The summed E-state index contributed by atoms with van der Waals surface area (Å²) >= 11 is 12.0. The maximum absolute atomic E-state index is 12.5. The van der Waals surface area contributed by atoms with Gasteiger partial charge in [0.1, 0.15) is 6.54 Å². The standard InChI is InChI=1S/C19H16Cl2N2O3/c1-11(14-7-6-13(20)9-16(14)21)22-17(24)10-23-18(25)8-12-4-2-3-5-15(12)19(23)26/h2-7,9,11H,8,10H2,1H3,(H,22,24)/t11-/m1/s1. The number of benzene rings is 2. The largest absolute Gasteiger partial charge is 0.348 e. The van der Waals surface area contributed by atoms with E-state index >= 15 is 0 Å². The third-order valence-electron chi connectivity index (χ3n) is 4.24. The fourth-order valence-corrected chi connectivity index (χ4v) is 3.49. The Labute approximate surface area is 160 Å². The van der Waals surface area contributed by atoms with Crippen LogP contribution in [0, 0.1) is 0 Å². The van der Waals surface area contributed by atoms with Crippen LogP contribution in [-0.4, -0.2) is 29.2 Å². The monoisotopic (exact) mass is 390 g/mol. The van der Waals surface area contributed by atoms with Gasteiger partial charge in [0, 0.05) is 15.6 Å². The Kier molecular flexibility index (Phi) is 5.30. The molecule has 134 valence electrons. The highest BCUT2D eigenvalue weighted by Crippen LogP contribution is 2.26. The van der Waals surface area contributed by atoms with Crippen LogP contribution in [0.1, 0.15) is 34.5 Å². The van der Waals surface area contributed by atoms with Crippen molar-refractivity contribution in [2.45, 2.75) is 19.4 Å². The molecule has 5 nitrogen and oxygen atoms in total. The van der Waals surface area contributed by atoms with Gasteiger partial charge in [0.2, 0.25) is 11.8 Å². The molecule has 0 bridgehead atoms. The molecule has 1 atom stereocenters. The van der Waals surface area contributed by atoms with Crippen molar-refractivity contribution < 1.29 is 14.4 Å². The van der Waals surface area contributed by atoms with Gasteiger partial charge in [-0.25, -0.2) is 0 Å². The van der Waals surface area contributed by atoms with Gasteiger partial charge in [0.25, 0.3) is 5.91 Å². The molecular weight excluding hydrogens is 375 g/mol. The normalized spacial score (nSPS) is 14.8. The Balaban J connectivity index is 1.70. The van der Waals surface area contributed by atoms with Crippen molar-refractivity contribution in [3.05, 3.63) is 69.2 Å². The van der Waals surface area contributed by atoms with E-state index in [2.05, 4.69) is 5.32 Å². The number of nitrogens with one attached hydrogen (secondary N) is 1. The van der Waals surface area contributed by atoms with Crippen LogP contribution in [0.4, 0.5) is 0 Å². The molecule has 0 saturated carbocycles. The first-order valence-electron chi connectivity index (χ1n) is 8.03. The van der Waals surface area contributed by atoms with E-state index in [0.717, 1.165) is 4.90 Å². The van der Waals surface area contributed by atoms with Crippen LogP contribution in [-0.2, 0) is 16.0 Å². The molecule has 3 rings (SSSR count). The van der Waals surface area contributed by atoms with Crippen LogP contribution >= 0.6 is 23.2 Å². The predicted molar refractivity (Wildman–Crippen MR) is 99.2 cm³/mol. The number of hydrogen-bond donors (Lipinski definition) is 1. The molecule has 26 heavy (non-hydrogen) atoms. The SMILES string of the molecule is C[C@@H](NC(=O)CN1C(=O)Cc2ccccc2C1=O)c1ccc(Cl)cc1Cl. The lowest BCUT2D eigenvalue weighted by atomic mass is 9.98.